The summed E-state index contributed by atoms with van der Waals surface area (Å²) in [5, 5.41) is 6.57. The van der Waals surface area contributed by atoms with Crippen molar-refractivity contribution >= 4 is 16.6 Å². The number of pyridine rings is 1. The highest BCUT2D eigenvalue weighted by Crippen LogP contribution is 2.51. The predicted molar refractivity (Wildman–Crippen MR) is 140 cm³/mol. The summed E-state index contributed by atoms with van der Waals surface area (Å²) in [4.78, 5) is 4.28. The molecule has 1 atom stereocenters. The van der Waals surface area contributed by atoms with Crippen LogP contribution >= 0.6 is 0 Å². The van der Waals surface area contributed by atoms with Gasteiger partial charge in [0.1, 0.15) is 0 Å². The van der Waals surface area contributed by atoms with E-state index in [1.54, 1.807) is 0 Å². The minimum Gasteiger partial charge on any atom is -0.493 e. The van der Waals surface area contributed by atoms with Crippen molar-refractivity contribution in [2.45, 2.75) is 71.1 Å². The van der Waals surface area contributed by atoms with Gasteiger partial charge in [0, 0.05) is 24.3 Å². The Balaban J connectivity index is 2.21. The number of anilines is 1. The molecule has 42 heavy (non-hydrogen) atoms. The number of aryl methyl sites for hydroxylation is 1. The van der Waals surface area contributed by atoms with Crippen LogP contribution < -0.4 is 20.1 Å². The number of ether oxygens (including phenoxy) is 2. The minimum absolute atomic E-state index is 0.0224. The van der Waals surface area contributed by atoms with Gasteiger partial charge in [0.15, 0.2) is 17.2 Å². The molecule has 232 valence electrons. The van der Waals surface area contributed by atoms with Crippen molar-refractivity contribution < 1.29 is 49.0 Å². The van der Waals surface area contributed by atoms with E-state index in [0.717, 1.165) is 20.1 Å². The van der Waals surface area contributed by atoms with Crippen molar-refractivity contribution in [1.29, 1.82) is 0 Å². The molecule has 14 heteroatoms. The summed E-state index contributed by atoms with van der Waals surface area (Å²) in [5.41, 5.74) is -5.71. The molecule has 5 nitrogen and oxygen atoms in total. The van der Waals surface area contributed by atoms with Crippen LogP contribution in [0.4, 0.5) is 45.2 Å². The van der Waals surface area contributed by atoms with Crippen molar-refractivity contribution in [2.24, 2.45) is 0 Å². The molecule has 0 bridgehead atoms. The zero-order valence-corrected chi connectivity index (χ0v) is 23.3. The van der Waals surface area contributed by atoms with E-state index in [4.69, 9.17) is 9.47 Å². The van der Waals surface area contributed by atoms with Gasteiger partial charge in [-0.25, -0.2) is 0 Å². The lowest BCUT2D eigenvalue weighted by atomic mass is 10.0. The van der Waals surface area contributed by atoms with Gasteiger partial charge < -0.3 is 20.1 Å². The van der Waals surface area contributed by atoms with Gasteiger partial charge in [-0.1, -0.05) is 13.8 Å². The summed E-state index contributed by atoms with van der Waals surface area (Å²) < 4.78 is 134. The molecule has 3 rings (SSSR count). The van der Waals surface area contributed by atoms with Gasteiger partial charge in [0.25, 0.3) is 0 Å². The van der Waals surface area contributed by atoms with E-state index in [1.165, 1.54) is 25.3 Å². The second-order valence-electron chi connectivity index (χ2n) is 10.1. The topological polar surface area (TPSA) is 55.4 Å². The molecule has 0 saturated heterocycles. The number of nitrogens with zero attached hydrogens (tertiary/aromatic N) is 1. The van der Waals surface area contributed by atoms with E-state index < -0.39 is 58.9 Å². The van der Waals surface area contributed by atoms with Crippen LogP contribution in [0.15, 0.2) is 30.5 Å². The molecule has 3 aromatic rings. The van der Waals surface area contributed by atoms with Crippen molar-refractivity contribution in [3.05, 3.63) is 52.7 Å². The summed E-state index contributed by atoms with van der Waals surface area (Å²) in [6.45, 7) is 8.20. The smallest absolute Gasteiger partial charge is 0.420 e. The number of benzene rings is 2. The summed E-state index contributed by atoms with van der Waals surface area (Å²) in [5.74, 6) is -2.65. The van der Waals surface area contributed by atoms with E-state index >= 15 is 0 Å². The van der Waals surface area contributed by atoms with Crippen LogP contribution in [0.25, 0.3) is 10.9 Å². The molecule has 0 aliphatic heterocycles. The zero-order chi connectivity index (χ0) is 31.6. The maximum atomic E-state index is 14.0. The Hall–Kier alpha value is -3.42. The van der Waals surface area contributed by atoms with Gasteiger partial charge in [-0.2, -0.15) is 39.5 Å². The van der Waals surface area contributed by atoms with Crippen LogP contribution in [-0.2, 0) is 18.5 Å². The quantitative estimate of drug-likeness (QED) is 0.177. The normalized spacial score (nSPS) is 13.5. The van der Waals surface area contributed by atoms with E-state index in [9.17, 15) is 39.5 Å². The molecule has 2 aromatic carbocycles. The number of nitrogens with one attached hydrogen (secondary N) is 2. The van der Waals surface area contributed by atoms with Crippen LogP contribution in [0, 0.1) is 6.92 Å². The predicted octanol–water partition coefficient (Wildman–Crippen LogP) is 8.98. The Morgan fingerprint density at radius 1 is 0.857 bits per heavy atom. The number of rotatable bonds is 10. The molecular weight excluding hydrogens is 581 g/mol. The highest BCUT2D eigenvalue weighted by molar-refractivity contribution is 5.99. The van der Waals surface area contributed by atoms with Gasteiger partial charge in [0.2, 0.25) is 0 Å². The summed E-state index contributed by atoms with van der Waals surface area (Å²) in [7, 11) is 1.13. The summed E-state index contributed by atoms with van der Waals surface area (Å²) in [6.07, 6.45) is -13.8. The molecular formula is C28H30F9N3O2. The maximum Gasteiger partial charge on any atom is 0.420 e. The van der Waals surface area contributed by atoms with Crippen molar-refractivity contribution in [1.82, 2.24) is 10.3 Å². The Morgan fingerprint density at radius 3 is 1.95 bits per heavy atom. The Labute approximate surface area is 236 Å². The highest BCUT2D eigenvalue weighted by atomic mass is 19.4. The van der Waals surface area contributed by atoms with Gasteiger partial charge in [-0.3, -0.25) is 4.98 Å². The standard InChI is InChI=1S/C28H30F9N3O2/c1-14(2)38-9-6-7-16(4)40-20-13-21(41-5)25(22-15(3)8-10-39-23(20)22)42-24-18(27(32,33)34)11-17(26(29,30)31)12-19(24)28(35,36)37/h8,10-14,16,38,40H,6-7,9H2,1-5H3. The largest absolute Gasteiger partial charge is 0.493 e. The van der Waals surface area contributed by atoms with Crippen molar-refractivity contribution in [3.63, 3.8) is 0 Å². The van der Waals surface area contributed by atoms with E-state index in [1.807, 2.05) is 20.8 Å². The fourth-order valence-electron chi connectivity index (χ4n) is 4.36. The Bertz CT molecular complexity index is 1370. The fraction of sp³-hybridized carbons (Fsp3) is 0.464. The van der Waals surface area contributed by atoms with Crippen LogP contribution in [0.3, 0.4) is 0 Å². The van der Waals surface area contributed by atoms with E-state index in [-0.39, 0.29) is 22.7 Å². The zero-order valence-electron chi connectivity index (χ0n) is 23.3. The monoisotopic (exact) mass is 611 g/mol. The lowest BCUT2D eigenvalue weighted by Crippen LogP contribution is -2.25. The van der Waals surface area contributed by atoms with Crippen LogP contribution in [-0.4, -0.2) is 30.7 Å². The minimum atomic E-state index is -5.63. The molecule has 0 aliphatic rings. The molecule has 1 heterocycles. The second kappa shape index (κ2) is 12.4. The molecule has 2 N–H and O–H groups in total. The number of fused-ring (bicyclic) bond motifs is 1. The van der Waals surface area contributed by atoms with Crippen LogP contribution in [0.2, 0.25) is 0 Å². The summed E-state index contributed by atoms with van der Waals surface area (Å²) >= 11 is 0. The van der Waals surface area contributed by atoms with Gasteiger partial charge in [0.05, 0.1) is 40.4 Å². The molecule has 1 aromatic heterocycles. The first-order valence-electron chi connectivity index (χ1n) is 12.9. The lowest BCUT2D eigenvalue weighted by molar-refractivity contribution is -0.149. The van der Waals surface area contributed by atoms with Crippen LogP contribution in [0.1, 0.15) is 55.9 Å². The van der Waals surface area contributed by atoms with Crippen LogP contribution in [0.5, 0.6) is 17.2 Å². The first kappa shape index (κ1) is 33.1. The van der Waals surface area contributed by atoms with Gasteiger partial charge in [-0.05, 0) is 57.0 Å². The molecule has 0 radical (unpaired) electrons. The van der Waals surface area contributed by atoms with Gasteiger partial charge >= 0.3 is 18.5 Å². The Kier molecular flexibility index (Phi) is 9.80. The average Bonchev–Trinajstić information content (AvgIpc) is 2.85. The third-order valence-corrected chi connectivity index (χ3v) is 6.36. The number of hydrogen-bond donors (Lipinski definition) is 2. The molecule has 0 aliphatic carbocycles. The number of alkyl halides is 9. The van der Waals surface area contributed by atoms with Crippen molar-refractivity contribution in [3.8, 4) is 17.2 Å². The molecule has 1 unspecified atom stereocenters. The average molecular weight is 612 g/mol. The third kappa shape index (κ3) is 7.69. The van der Waals surface area contributed by atoms with Gasteiger partial charge in [-0.15, -0.1) is 0 Å². The highest BCUT2D eigenvalue weighted by Gasteiger charge is 2.46. The first-order valence-corrected chi connectivity index (χ1v) is 12.9. The molecule has 0 saturated carbocycles. The van der Waals surface area contributed by atoms with E-state index in [2.05, 4.69) is 15.6 Å². The number of halogens is 9. The second-order valence-corrected chi connectivity index (χ2v) is 10.1. The summed E-state index contributed by atoms with van der Waals surface area (Å²) in [6, 6.07) is 2.15. The third-order valence-electron chi connectivity index (χ3n) is 6.36. The SMILES string of the molecule is COc1cc(NC(C)CCCNC(C)C)c2nccc(C)c2c1Oc1c(C(F)(F)F)cc(C(F)(F)F)cc1C(F)(F)F. The van der Waals surface area contributed by atoms with Crippen molar-refractivity contribution in [2.75, 3.05) is 19.0 Å². The lowest BCUT2D eigenvalue weighted by Gasteiger charge is -2.24. The number of hydrogen-bond acceptors (Lipinski definition) is 5. The number of aromatic nitrogens is 1. The van der Waals surface area contributed by atoms with E-state index in [0.29, 0.717) is 23.7 Å². The molecule has 0 fully saturated rings. The number of methoxy groups -OCH3 is 1. The Morgan fingerprint density at radius 2 is 1.45 bits per heavy atom. The first-order chi connectivity index (χ1) is 19.3. The molecule has 0 amide bonds. The molecule has 0 spiro atoms. The fourth-order valence-corrected chi connectivity index (χ4v) is 4.36. The maximum absolute atomic E-state index is 14.0.